The summed E-state index contributed by atoms with van der Waals surface area (Å²) in [5.74, 6) is 0.144. The third kappa shape index (κ3) is 1.29. The quantitative estimate of drug-likeness (QED) is 0.168. The van der Waals surface area contributed by atoms with Gasteiger partial charge in [-0.3, -0.25) is 4.31 Å². The van der Waals surface area contributed by atoms with Gasteiger partial charge in [0.25, 0.3) is 0 Å². The number of nitrogens with two attached hydrogens (primary N) is 1. The van der Waals surface area contributed by atoms with Gasteiger partial charge in [0, 0.05) is 0 Å². The predicted octanol–water partition coefficient (Wildman–Crippen LogP) is 0.168. The summed E-state index contributed by atoms with van der Waals surface area (Å²) in [5.41, 5.74) is 5.24. The van der Waals surface area contributed by atoms with E-state index in [2.05, 4.69) is 5.16 Å². The van der Waals surface area contributed by atoms with Gasteiger partial charge in [0.2, 0.25) is 5.96 Å². The van der Waals surface area contributed by atoms with Gasteiger partial charge >= 0.3 is 0 Å². The van der Waals surface area contributed by atoms with Crippen molar-refractivity contribution in [2.45, 2.75) is 0 Å². The van der Waals surface area contributed by atoms with Crippen LogP contribution in [0.5, 0.6) is 0 Å². The van der Waals surface area contributed by atoms with Crippen LogP contribution in [0.2, 0.25) is 0 Å². The highest BCUT2D eigenvalue weighted by molar-refractivity contribution is 8.00. The summed E-state index contributed by atoms with van der Waals surface area (Å²) in [6.07, 6.45) is 1.93. The van der Waals surface area contributed by atoms with Crippen molar-refractivity contribution in [3.8, 4) is 0 Å². The van der Waals surface area contributed by atoms with Crippen LogP contribution in [0.3, 0.4) is 0 Å². The second-order valence-corrected chi connectivity index (χ2v) is 2.42. The fourth-order valence-corrected chi connectivity index (χ4v) is 1.13. The Morgan fingerprint density at radius 2 is 2.67 bits per heavy atom. The maximum absolute atomic E-state index is 8.18. The zero-order valence-electron chi connectivity index (χ0n) is 4.69. The first kappa shape index (κ1) is 6.28. The Morgan fingerprint density at radius 3 is 3.11 bits per heavy atom. The van der Waals surface area contributed by atoms with Gasteiger partial charge in [-0.05, 0) is 17.4 Å². The molecule has 0 aromatic carbocycles. The highest BCUT2D eigenvalue weighted by Gasteiger charge is 2.08. The molecule has 0 spiro atoms. The number of oxime groups is 1. The lowest BCUT2D eigenvalue weighted by atomic mass is 10.6. The minimum absolute atomic E-state index is 0.144. The van der Waals surface area contributed by atoms with Crippen LogP contribution in [-0.4, -0.2) is 22.0 Å². The maximum Gasteiger partial charge on any atom is 0.243 e. The molecular weight excluding hydrogens is 138 g/mol. The number of nitrogens with zero attached hydrogens (tertiary/aromatic N) is 2. The van der Waals surface area contributed by atoms with Crippen molar-refractivity contribution in [2.24, 2.45) is 10.9 Å². The van der Waals surface area contributed by atoms with Crippen LogP contribution >= 0.6 is 11.9 Å². The van der Waals surface area contributed by atoms with Crippen molar-refractivity contribution in [1.82, 2.24) is 4.31 Å². The van der Waals surface area contributed by atoms with Crippen molar-refractivity contribution >= 4 is 17.9 Å². The molecule has 9 heavy (non-hydrogen) atoms. The second kappa shape index (κ2) is 2.63. The molecule has 0 aromatic heterocycles. The molecule has 0 bridgehead atoms. The van der Waals surface area contributed by atoms with E-state index in [1.54, 1.807) is 4.31 Å². The Morgan fingerprint density at radius 1 is 1.89 bits per heavy atom. The normalized spacial score (nSPS) is 19.1. The van der Waals surface area contributed by atoms with E-state index in [1.165, 1.54) is 11.9 Å². The number of hydrogen-bond acceptors (Lipinski definition) is 3. The van der Waals surface area contributed by atoms with E-state index in [1.807, 2.05) is 11.5 Å². The molecule has 4 nitrogen and oxygen atoms in total. The topological polar surface area (TPSA) is 61.9 Å². The molecule has 0 fully saturated rings. The first-order valence-corrected chi connectivity index (χ1v) is 3.25. The molecule has 0 unspecified atom stereocenters. The molecule has 0 radical (unpaired) electrons. The van der Waals surface area contributed by atoms with Crippen molar-refractivity contribution in [2.75, 3.05) is 6.54 Å². The molecule has 0 aliphatic carbocycles. The van der Waals surface area contributed by atoms with E-state index < -0.39 is 0 Å². The Labute approximate surface area is 57.1 Å². The van der Waals surface area contributed by atoms with Gasteiger partial charge in [0.1, 0.15) is 0 Å². The van der Waals surface area contributed by atoms with Gasteiger partial charge in [0.05, 0.1) is 6.54 Å². The van der Waals surface area contributed by atoms with Crippen molar-refractivity contribution in [1.29, 1.82) is 0 Å². The molecule has 1 aliphatic rings. The molecule has 0 amide bonds. The lowest BCUT2D eigenvalue weighted by Gasteiger charge is -2.11. The number of guanidine groups is 1. The second-order valence-electron chi connectivity index (χ2n) is 1.50. The third-order valence-corrected chi connectivity index (χ3v) is 1.82. The van der Waals surface area contributed by atoms with Crippen LogP contribution in [0.1, 0.15) is 0 Å². The summed E-state index contributed by atoms with van der Waals surface area (Å²) < 4.78 is 1.67. The van der Waals surface area contributed by atoms with E-state index in [0.717, 1.165) is 0 Å². The zero-order chi connectivity index (χ0) is 6.69. The summed E-state index contributed by atoms with van der Waals surface area (Å²) in [6.45, 7) is 0.709. The van der Waals surface area contributed by atoms with Gasteiger partial charge < -0.3 is 10.9 Å². The number of hydrogen-bond donors (Lipinski definition) is 2. The first-order chi connectivity index (χ1) is 4.34. The highest BCUT2D eigenvalue weighted by atomic mass is 32.2. The monoisotopic (exact) mass is 145 g/mol. The average Bonchev–Trinajstić information content (AvgIpc) is 2.37. The fourth-order valence-electron chi connectivity index (χ4n) is 0.496. The summed E-state index contributed by atoms with van der Waals surface area (Å²) in [4.78, 5) is 0. The van der Waals surface area contributed by atoms with Crippen LogP contribution in [-0.2, 0) is 0 Å². The Hall–Kier alpha value is -0.840. The van der Waals surface area contributed by atoms with E-state index in [9.17, 15) is 0 Å². The lowest BCUT2D eigenvalue weighted by Crippen LogP contribution is -2.29. The van der Waals surface area contributed by atoms with Gasteiger partial charge in [-0.2, -0.15) is 0 Å². The standard InChI is InChI=1S/C4H7N3OS/c5-4(6-8)7-2-1-3-9-7/h1,3,8H,2H2,(H2,5,6). The highest BCUT2D eigenvalue weighted by Crippen LogP contribution is 2.16. The Bertz CT molecular complexity index is 148. The Balaban J connectivity index is 2.46. The van der Waals surface area contributed by atoms with Crippen LogP contribution in [0, 0.1) is 0 Å². The minimum atomic E-state index is 0.144. The summed E-state index contributed by atoms with van der Waals surface area (Å²) >= 11 is 1.41. The summed E-state index contributed by atoms with van der Waals surface area (Å²) in [5, 5.41) is 12.9. The van der Waals surface area contributed by atoms with E-state index >= 15 is 0 Å². The summed E-state index contributed by atoms with van der Waals surface area (Å²) in [7, 11) is 0. The van der Waals surface area contributed by atoms with Crippen LogP contribution in [0.25, 0.3) is 0 Å². The molecule has 1 aliphatic heterocycles. The van der Waals surface area contributed by atoms with Crippen molar-refractivity contribution < 1.29 is 5.21 Å². The third-order valence-electron chi connectivity index (χ3n) is 0.914. The minimum Gasteiger partial charge on any atom is -0.408 e. The van der Waals surface area contributed by atoms with E-state index in [-0.39, 0.29) is 5.96 Å². The maximum atomic E-state index is 8.18. The largest absolute Gasteiger partial charge is 0.408 e. The molecule has 5 heteroatoms. The van der Waals surface area contributed by atoms with Crippen LogP contribution in [0.15, 0.2) is 16.6 Å². The molecule has 0 atom stereocenters. The average molecular weight is 145 g/mol. The molecule has 50 valence electrons. The first-order valence-electron chi connectivity index (χ1n) is 2.41. The summed E-state index contributed by atoms with van der Waals surface area (Å²) in [6, 6.07) is 0. The van der Waals surface area contributed by atoms with Gasteiger partial charge in [-0.25, -0.2) is 0 Å². The van der Waals surface area contributed by atoms with Gasteiger partial charge in [0.15, 0.2) is 0 Å². The molecule has 0 aromatic rings. The van der Waals surface area contributed by atoms with E-state index in [0.29, 0.717) is 6.54 Å². The molecule has 0 saturated carbocycles. The van der Waals surface area contributed by atoms with Crippen LogP contribution < -0.4 is 5.73 Å². The predicted molar refractivity (Wildman–Crippen MR) is 36.8 cm³/mol. The van der Waals surface area contributed by atoms with E-state index in [4.69, 9.17) is 10.9 Å². The van der Waals surface area contributed by atoms with Crippen molar-refractivity contribution in [3.63, 3.8) is 0 Å². The SMILES string of the molecule is NC(=NO)N1CC=CS1. The van der Waals surface area contributed by atoms with Gasteiger partial charge in [-0.1, -0.05) is 11.2 Å². The van der Waals surface area contributed by atoms with Crippen molar-refractivity contribution in [3.05, 3.63) is 11.5 Å². The molecule has 1 rings (SSSR count). The molecular formula is C4H7N3OS. The lowest BCUT2D eigenvalue weighted by molar-refractivity contribution is 0.312. The number of rotatable bonds is 0. The fraction of sp³-hybridized carbons (Fsp3) is 0.250. The zero-order valence-corrected chi connectivity index (χ0v) is 5.51. The van der Waals surface area contributed by atoms with Crippen LogP contribution in [0.4, 0.5) is 0 Å². The smallest absolute Gasteiger partial charge is 0.243 e. The molecule has 0 saturated heterocycles. The van der Waals surface area contributed by atoms with Gasteiger partial charge in [-0.15, -0.1) is 0 Å². The Kier molecular flexibility index (Phi) is 1.84. The molecule has 1 heterocycles. The molecule has 3 N–H and O–H groups in total.